The Morgan fingerprint density at radius 3 is 1.52 bits per heavy atom. The Labute approximate surface area is 273 Å². The first-order valence-electron chi connectivity index (χ1n) is 15.4. The normalized spacial score (nSPS) is 15.9. The molecule has 2 aromatic heterocycles. The van der Waals surface area contributed by atoms with Crippen LogP contribution in [0.15, 0.2) is 153 Å². The summed E-state index contributed by atoms with van der Waals surface area (Å²) in [5, 5.41) is 3.35. The quantitative estimate of drug-likeness (QED) is 0.144. The second-order valence-electron chi connectivity index (χ2n) is 11.5. The smallest absolute Gasteiger partial charge is 0.396 e. The highest BCUT2D eigenvalue weighted by Crippen LogP contribution is 2.52. The summed E-state index contributed by atoms with van der Waals surface area (Å²) >= 11 is 0. The van der Waals surface area contributed by atoms with Crippen molar-refractivity contribution in [1.29, 1.82) is 0 Å². The Hall–Kier alpha value is -6.03. The van der Waals surface area contributed by atoms with Crippen LogP contribution in [0.5, 0.6) is 11.5 Å². The van der Waals surface area contributed by atoms with Crippen LogP contribution in [0.4, 0.5) is 11.6 Å². The molecule has 0 aliphatic carbocycles. The summed E-state index contributed by atoms with van der Waals surface area (Å²) in [7, 11) is -5.61. The zero-order valence-corrected chi connectivity index (χ0v) is 25.9. The predicted molar refractivity (Wildman–Crippen MR) is 184 cm³/mol. The van der Waals surface area contributed by atoms with E-state index in [-0.39, 0.29) is 0 Å². The van der Waals surface area contributed by atoms with Gasteiger partial charge < -0.3 is 18.0 Å². The van der Waals surface area contributed by atoms with Gasteiger partial charge in [-0.1, -0.05) is 109 Å². The third-order valence-electron chi connectivity index (χ3n) is 8.57. The molecule has 3 aliphatic rings. The number of amidine groups is 2. The number of rotatable bonds is 6. The van der Waals surface area contributed by atoms with Crippen molar-refractivity contribution in [2.45, 2.75) is 0 Å². The van der Waals surface area contributed by atoms with Crippen molar-refractivity contribution in [3.63, 3.8) is 0 Å². The molecular weight excluding hydrogens is 622 g/mol. The summed E-state index contributed by atoms with van der Waals surface area (Å²) in [5.74, 6) is 2.78. The van der Waals surface area contributed by atoms with E-state index in [1.165, 1.54) is 0 Å². The molecule has 0 atom stereocenters. The molecule has 10 rings (SSSR count). The summed E-state index contributed by atoms with van der Waals surface area (Å²) in [4.78, 5) is 20.5. The van der Waals surface area contributed by atoms with Gasteiger partial charge in [0, 0.05) is 32.7 Å². The predicted octanol–water partition coefficient (Wildman–Crippen LogP) is 7.00. The van der Waals surface area contributed by atoms with Gasteiger partial charge in [-0.25, -0.2) is 24.5 Å². The van der Waals surface area contributed by atoms with Gasteiger partial charge in [-0.3, -0.25) is 4.44 Å². The topological polar surface area (TPSA) is 104 Å². The third-order valence-corrected chi connectivity index (χ3v) is 9.89. The molecule has 0 fully saturated rings. The van der Waals surface area contributed by atoms with Crippen molar-refractivity contribution >= 4 is 59.9 Å². The van der Waals surface area contributed by atoms with E-state index in [0.29, 0.717) is 45.8 Å². The van der Waals surface area contributed by atoms with E-state index < -0.39 is 15.0 Å². The van der Waals surface area contributed by atoms with Gasteiger partial charge in [-0.15, -0.1) is 0 Å². The molecule has 0 N–H and O–H groups in total. The number of phosphoric ester groups is 1. The summed E-state index contributed by atoms with van der Waals surface area (Å²) in [6.45, 7) is 0. The van der Waals surface area contributed by atoms with E-state index in [0.717, 1.165) is 32.7 Å². The van der Waals surface area contributed by atoms with E-state index in [2.05, 4.69) is 0 Å². The van der Waals surface area contributed by atoms with Crippen LogP contribution >= 0.6 is 7.82 Å². The van der Waals surface area contributed by atoms with Gasteiger partial charge in [-0.05, 0) is 24.3 Å². The highest BCUT2D eigenvalue weighted by atomic mass is 31.2. The number of hydrogen-bond donors (Lipinski definition) is 0. The first kappa shape index (κ1) is 27.1. The molecule has 3 aliphatic heterocycles. The van der Waals surface area contributed by atoms with Crippen molar-refractivity contribution in [2.24, 2.45) is 20.0 Å². The van der Waals surface area contributed by atoms with Crippen molar-refractivity contribution in [1.82, 2.24) is 8.96 Å². The highest BCUT2D eigenvalue weighted by molar-refractivity contribution is 7.50. The lowest BCUT2D eigenvalue weighted by atomic mass is 10.00. The van der Waals surface area contributed by atoms with Crippen LogP contribution in [-0.4, -0.2) is 27.8 Å². The second-order valence-corrected chi connectivity index (χ2v) is 12.9. The molecule has 0 amide bonds. The first-order valence-corrected chi connectivity index (χ1v) is 16.8. The van der Waals surface area contributed by atoms with Crippen LogP contribution in [0.25, 0.3) is 21.5 Å². The molecule has 0 spiro atoms. The minimum atomic E-state index is -4.46. The Morgan fingerprint density at radius 1 is 0.479 bits per heavy atom. The highest BCUT2D eigenvalue weighted by Gasteiger charge is 2.46. The number of hydrogen-bond acceptors (Lipinski definition) is 8. The zero-order valence-electron chi connectivity index (χ0n) is 25.0. The van der Waals surface area contributed by atoms with Gasteiger partial charge >= 0.3 is 15.0 Å². The number of para-hydroxylation sites is 2. The van der Waals surface area contributed by atoms with E-state index in [4.69, 9.17) is 33.5 Å². The maximum Gasteiger partial charge on any atom is 0.576 e. The number of nitrogens with zero attached hydrogens (tertiary/aromatic N) is 6. The lowest BCUT2D eigenvalue weighted by molar-refractivity contribution is 0.294. The third kappa shape index (κ3) is 4.08. The molecule has 12 heteroatoms. The molecule has 0 unspecified atom stereocenters. The van der Waals surface area contributed by atoms with Crippen molar-refractivity contribution < 1.29 is 18.1 Å². The lowest BCUT2D eigenvalue weighted by Crippen LogP contribution is -2.50. The average Bonchev–Trinajstić information content (AvgIpc) is 3.74. The fraction of sp³-hybridized carbons (Fsp3) is 0. The van der Waals surface area contributed by atoms with E-state index in [1.54, 1.807) is 48.5 Å². The maximum atomic E-state index is 15.1. The summed E-state index contributed by atoms with van der Waals surface area (Å²) in [6.07, 6.45) is 0. The van der Waals surface area contributed by atoms with E-state index in [9.17, 15) is 0 Å². The van der Waals surface area contributed by atoms with Crippen molar-refractivity contribution in [2.75, 3.05) is 0 Å². The van der Waals surface area contributed by atoms with Crippen molar-refractivity contribution in [3.05, 3.63) is 156 Å². The fourth-order valence-electron chi connectivity index (χ4n) is 6.51. The first-order chi connectivity index (χ1) is 23.6. The van der Waals surface area contributed by atoms with Gasteiger partial charge in [0.25, 0.3) is 0 Å². The van der Waals surface area contributed by atoms with Crippen LogP contribution < -0.4 is 20.0 Å². The molecule has 5 heterocycles. The maximum absolute atomic E-state index is 15.1. The van der Waals surface area contributed by atoms with Gasteiger partial charge in [0.05, 0.1) is 0 Å². The van der Waals surface area contributed by atoms with Gasteiger partial charge in [0.1, 0.15) is 34.1 Å². The SMILES string of the molecule is O=P(OB1n2c3c4ccccc4c2/N=C2N=C(/N=c4/c5ccccc5c(n41)=N3)c1ccccc1\2)(Oc1ccccc1)Oc1ccccc1. The summed E-state index contributed by atoms with van der Waals surface area (Å²) in [5.41, 5.74) is 2.84. The van der Waals surface area contributed by atoms with Gasteiger partial charge in [0.2, 0.25) is 0 Å². The van der Waals surface area contributed by atoms with E-state index >= 15 is 4.57 Å². The summed E-state index contributed by atoms with van der Waals surface area (Å²) < 4.78 is 37.7. The largest absolute Gasteiger partial charge is 0.576 e. The van der Waals surface area contributed by atoms with E-state index in [1.807, 2.05) is 93.9 Å². The number of phosphoric acid groups is 1. The number of fused-ring (bicyclic) bond motifs is 10. The lowest BCUT2D eigenvalue weighted by Gasteiger charge is -2.26. The monoisotopic (exact) mass is 644 g/mol. The van der Waals surface area contributed by atoms with Crippen LogP contribution in [0, 0.1) is 0 Å². The molecule has 7 aromatic rings. The van der Waals surface area contributed by atoms with Crippen LogP contribution in [-0.2, 0) is 9.01 Å². The van der Waals surface area contributed by atoms with Crippen LogP contribution in [0.3, 0.4) is 0 Å². The Morgan fingerprint density at radius 2 is 0.938 bits per heavy atom. The Balaban J connectivity index is 1.31. The van der Waals surface area contributed by atoms with Crippen LogP contribution in [0.2, 0.25) is 0 Å². The standard InChI is InChI=1S/C36H22BN6O4P/c44-48(45-23-13-3-1-4-14-23,46-24-15-5-2-6-16-24)47-37-42-33-27-19-9-11-21-29(27)35(42)41-36-30-22-12-10-20-28(30)34(43(36)37)40-32-26-18-8-7-17-25(26)31(38-32)39-33/h1-22H/b39-31-,39-33?,40-32?,40-34-. The zero-order chi connectivity index (χ0) is 31.8. The Bertz CT molecular complexity index is 2660. The van der Waals surface area contributed by atoms with Gasteiger partial charge in [-0.2, -0.15) is 0 Å². The molecule has 10 nitrogen and oxygen atoms in total. The minimum absolute atomic E-state index is 0.322. The Kier molecular flexibility index (Phi) is 5.78. The molecule has 0 radical (unpaired) electrons. The van der Waals surface area contributed by atoms with Crippen molar-refractivity contribution in [3.8, 4) is 11.5 Å². The molecule has 228 valence electrons. The fourth-order valence-corrected chi connectivity index (χ4v) is 7.82. The number of aromatic nitrogens is 2. The molecule has 48 heavy (non-hydrogen) atoms. The number of aliphatic imine (C=N–C) groups is 2. The molecule has 0 saturated heterocycles. The van der Waals surface area contributed by atoms with Crippen LogP contribution in [0.1, 0.15) is 11.1 Å². The summed E-state index contributed by atoms with van der Waals surface area (Å²) in [6, 6.07) is 41.4. The second kappa shape index (κ2) is 10.2. The molecular formula is C36H22BN6O4P. The minimum Gasteiger partial charge on any atom is -0.396 e. The number of benzene rings is 5. The molecule has 5 aromatic carbocycles. The molecule has 4 bridgehead atoms. The average molecular weight is 644 g/mol. The van der Waals surface area contributed by atoms with Gasteiger partial charge in [0.15, 0.2) is 11.7 Å². The molecule has 0 saturated carbocycles.